The van der Waals surface area contributed by atoms with Gasteiger partial charge in [0.25, 0.3) is 11.8 Å². The Labute approximate surface area is 252 Å². The summed E-state index contributed by atoms with van der Waals surface area (Å²) in [4.78, 5) is 56.3. The molecule has 0 bridgehead atoms. The lowest BCUT2D eigenvalue weighted by molar-refractivity contribution is 0.00681. The van der Waals surface area contributed by atoms with Gasteiger partial charge in [0, 0.05) is 6.07 Å². The van der Waals surface area contributed by atoms with Gasteiger partial charge in [-0.3, -0.25) is 9.59 Å². The number of carbonyl (C=O) groups is 4. The number of nitrogens with zero attached hydrogens (tertiary/aromatic N) is 3. The first kappa shape index (κ1) is 29.7. The second-order valence-corrected chi connectivity index (χ2v) is 11.5. The van der Waals surface area contributed by atoms with Crippen LogP contribution in [0.5, 0.6) is 0 Å². The van der Waals surface area contributed by atoms with Gasteiger partial charge in [-0.05, 0) is 75.4 Å². The van der Waals surface area contributed by atoms with Gasteiger partial charge in [-0.1, -0.05) is 29.8 Å². The van der Waals surface area contributed by atoms with Crippen molar-refractivity contribution in [2.24, 2.45) is 0 Å². The summed E-state index contributed by atoms with van der Waals surface area (Å²) in [6.07, 6.45) is 2.51. The van der Waals surface area contributed by atoms with Gasteiger partial charge in [-0.15, -0.1) is 0 Å². The van der Waals surface area contributed by atoms with Gasteiger partial charge in [0.05, 0.1) is 35.6 Å². The lowest BCUT2D eigenvalue weighted by atomic mass is 9.97. The maximum Gasteiger partial charge on any atom is 0.356 e. The molecule has 1 atom stereocenters. The average molecular weight is 604 g/mol. The Hall–Kier alpha value is -4.77. The van der Waals surface area contributed by atoms with E-state index >= 15 is 0 Å². The second kappa shape index (κ2) is 11.5. The maximum absolute atomic E-state index is 13.7. The number of carbonyl (C=O) groups excluding carboxylic acids is 4. The van der Waals surface area contributed by atoms with Crippen molar-refractivity contribution in [2.75, 3.05) is 12.4 Å². The number of amides is 2. The third kappa shape index (κ3) is 5.94. The van der Waals surface area contributed by atoms with Crippen molar-refractivity contribution in [1.29, 1.82) is 0 Å². The molecule has 0 aliphatic heterocycles. The number of anilines is 1. The van der Waals surface area contributed by atoms with Crippen molar-refractivity contribution in [1.82, 2.24) is 19.9 Å². The second-order valence-electron chi connectivity index (χ2n) is 11.1. The SMILES string of the molecule is COC(=O)c1cc(C(=O)N[C@H]2CCc3c2ccc(C(=O)OC(C)(C)C)c3C)n2ncc(C(=O)Nc3ccccc3Cl)c2n1. The smallest absolute Gasteiger partial charge is 0.356 e. The van der Waals surface area contributed by atoms with E-state index in [0.717, 1.165) is 16.7 Å². The number of nitrogens with one attached hydrogen (secondary N) is 2. The summed E-state index contributed by atoms with van der Waals surface area (Å²) >= 11 is 6.19. The summed E-state index contributed by atoms with van der Waals surface area (Å²) in [7, 11) is 1.19. The van der Waals surface area contributed by atoms with E-state index in [1.54, 1.807) is 30.3 Å². The van der Waals surface area contributed by atoms with E-state index in [0.29, 0.717) is 29.1 Å². The third-order valence-electron chi connectivity index (χ3n) is 7.08. The van der Waals surface area contributed by atoms with E-state index in [9.17, 15) is 19.2 Å². The Morgan fingerprint density at radius 1 is 1.02 bits per heavy atom. The number of benzene rings is 2. The number of hydrogen-bond donors (Lipinski definition) is 2. The molecule has 2 amide bonds. The molecule has 1 aliphatic rings. The van der Waals surface area contributed by atoms with Crippen molar-refractivity contribution < 1.29 is 28.7 Å². The van der Waals surface area contributed by atoms with Crippen LogP contribution in [0.4, 0.5) is 5.69 Å². The number of fused-ring (bicyclic) bond motifs is 2. The Morgan fingerprint density at radius 3 is 2.47 bits per heavy atom. The maximum atomic E-state index is 13.7. The van der Waals surface area contributed by atoms with Gasteiger partial charge >= 0.3 is 11.9 Å². The van der Waals surface area contributed by atoms with E-state index in [2.05, 4.69) is 20.7 Å². The first-order valence-electron chi connectivity index (χ1n) is 13.6. The standard InChI is InChI=1S/C31H30ClN5O6/c1-16-17-12-13-22(19(17)11-10-18(16)29(40)43-31(2,3)4)35-28(39)25-14-24(30(41)42-5)34-26-20(15-33-37(25)26)27(38)36-23-9-7-6-8-21(23)32/h6-11,14-15,22H,12-13H2,1-5H3,(H,35,39)(H,36,38)/t22-/m0/s1. The fourth-order valence-corrected chi connectivity index (χ4v) is 5.25. The molecular formula is C31H30ClN5O6. The minimum atomic E-state index is -0.785. The molecule has 0 spiro atoms. The fourth-order valence-electron chi connectivity index (χ4n) is 5.06. The van der Waals surface area contributed by atoms with Crippen LogP contribution in [-0.2, 0) is 15.9 Å². The monoisotopic (exact) mass is 603 g/mol. The van der Waals surface area contributed by atoms with Crippen LogP contribution in [0, 0.1) is 6.92 Å². The first-order chi connectivity index (χ1) is 20.4. The number of ether oxygens (including phenoxy) is 2. The molecule has 0 fully saturated rings. The van der Waals surface area contributed by atoms with Crippen molar-refractivity contribution >= 4 is 46.7 Å². The zero-order chi connectivity index (χ0) is 31.1. The average Bonchev–Trinajstić information content (AvgIpc) is 3.57. The van der Waals surface area contributed by atoms with Gasteiger partial charge in [0.1, 0.15) is 16.9 Å². The minimum absolute atomic E-state index is 0.0118. The molecule has 222 valence electrons. The predicted octanol–water partition coefficient (Wildman–Crippen LogP) is 5.10. The van der Waals surface area contributed by atoms with Crippen LogP contribution in [0.15, 0.2) is 48.7 Å². The number of methoxy groups -OCH3 is 1. The normalized spacial score (nSPS) is 14.2. The topological polar surface area (TPSA) is 141 Å². The van der Waals surface area contributed by atoms with Crippen molar-refractivity contribution in [2.45, 2.75) is 52.2 Å². The first-order valence-corrected chi connectivity index (χ1v) is 13.9. The molecule has 43 heavy (non-hydrogen) atoms. The molecule has 0 saturated heterocycles. The van der Waals surface area contributed by atoms with Crippen molar-refractivity contribution in [3.05, 3.63) is 92.9 Å². The molecule has 2 aromatic heterocycles. The summed E-state index contributed by atoms with van der Waals surface area (Å²) in [5, 5.41) is 10.3. The van der Waals surface area contributed by atoms with Crippen LogP contribution in [-0.4, -0.2) is 51.1 Å². The molecule has 2 heterocycles. The number of halogens is 1. The van der Waals surface area contributed by atoms with Gasteiger partial charge in [-0.25, -0.2) is 19.1 Å². The van der Waals surface area contributed by atoms with E-state index < -0.39 is 29.4 Å². The molecule has 2 N–H and O–H groups in total. The highest BCUT2D eigenvalue weighted by Gasteiger charge is 2.30. The zero-order valence-corrected chi connectivity index (χ0v) is 25.0. The minimum Gasteiger partial charge on any atom is -0.464 e. The molecule has 0 radical (unpaired) electrons. The molecule has 12 heteroatoms. The quantitative estimate of drug-likeness (QED) is 0.290. The number of para-hydroxylation sites is 1. The summed E-state index contributed by atoms with van der Waals surface area (Å²) in [5.74, 6) is -2.30. The van der Waals surface area contributed by atoms with Gasteiger partial charge < -0.3 is 20.1 Å². The van der Waals surface area contributed by atoms with Crippen LogP contribution in [0.3, 0.4) is 0 Å². The lowest BCUT2D eigenvalue weighted by Crippen LogP contribution is -2.30. The van der Waals surface area contributed by atoms with Crippen LogP contribution in [0.25, 0.3) is 5.65 Å². The van der Waals surface area contributed by atoms with Crippen LogP contribution < -0.4 is 10.6 Å². The molecule has 1 aliphatic carbocycles. The number of esters is 2. The summed E-state index contributed by atoms with van der Waals surface area (Å²) in [5.41, 5.74) is 2.73. The van der Waals surface area contributed by atoms with Crippen molar-refractivity contribution in [3.8, 4) is 0 Å². The molecule has 4 aromatic rings. The third-order valence-corrected chi connectivity index (χ3v) is 7.41. The van der Waals surface area contributed by atoms with Crippen molar-refractivity contribution in [3.63, 3.8) is 0 Å². The molecule has 5 rings (SSSR count). The van der Waals surface area contributed by atoms with Crippen LogP contribution in [0.1, 0.15) is 91.6 Å². The van der Waals surface area contributed by atoms with Gasteiger partial charge in [0.15, 0.2) is 11.3 Å². The lowest BCUT2D eigenvalue weighted by Gasteiger charge is -2.21. The Morgan fingerprint density at radius 2 is 1.77 bits per heavy atom. The van der Waals surface area contributed by atoms with Gasteiger partial charge in [0.2, 0.25) is 0 Å². The van der Waals surface area contributed by atoms with E-state index in [1.165, 1.54) is 23.9 Å². The van der Waals surface area contributed by atoms with Gasteiger partial charge in [-0.2, -0.15) is 5.10 Å². The van der Waals surface area contributed by atoms with E-state index in [-0.39, 0.29) is 28.6 Å². The number of aromatic nitrogens is 3. The molecule has 11 nitrogen and oxygen atoms in total. The molecular weight excluding hydrogens is 574 g/mol. The van der Waals surface area contributed by atoms with Crippen LogP contribution in [0.2, 0.25) is 5.02 Å². The molecule has 0 saturated carbocycles. The van der Waals surface area contributed by atoms with Crippen LogP contribution >= 0.6 is 11.6 Å². The zero-order valence-electron chi connectivity index (χ0n) is 24.3. The number of rotatable bonds is 6. The van der Waals surface area contributed by atoms with E-state index in [1.807, 2.05) is 33.8 Å². The highest BCUT2D eigenvalue weighted by molar-refractivity contribution is 6.34. The highest BCUT2D eigenvalue weighted by atomic mass is 35.5. The molecule has 0 unspecified atom stereocenters. The Balaban J connectivity index is 1.46. The Kier molecular flexibility index (Phi) is 7.94. The highest BCUT2D eigenvalue weighted by Crippen LogP contribution is 2.35. The van der Waals surface area contributed by atoms with E-state index in [4.69, 9.17) is 21.1 Å². The summed E-state index contributed by atoms with van der Waals surface area (Å²) in [6.45, 7) is 7.31. The Bertz CT molecular complexity index is 1790. The molecule has 2 aromatic carbocycles. The number of hydrogen-bond acceptors (Lipinski definition) is 8. The summed E-state index contributed by atoms with van der Waals surface area (Å²) < 4.78 is 11.6. The predicted molar refractivity (Wildman–Crippen MR) is 159 cm³/mol. The summed E-state index contributed by atoms with van der Waals surface area (Å²) in [6, 6.07) is 11.2. The largest absolute Gasteiger partial charge is 0.464 e. The fraction of sp³-hybridized carbons (Fsp3) is 0.290.